The number of ether oxygens (including phenoxy) is 5. The molecule has 0 unspecified atom stereocenters. The fourth-order valence-electron chi connectivity index (χ4n) is 3.05. The van der Waals surface area contributed by atoms with Gasteiger partial charge in [-0.05, 0) is 24.3 Å². The van der Waals surface area contributed by atoms with Gasteiger partial charge in [-0.15, -0.1) is 0 Å². The van der Waals surface area contributed by atoms with Gasteiger partial charge >= 0.3 is 11.9 Å². The molecule has 0 radical (unpaired) electrons. The number of carbonyl (C=O) groups is 2. The molecule has 0 saturated heterocycles. The summed E-state index contributed by atoms with van der Waals surface area (Å²) in [5, 5.41) is -0.0999. The molecule has 0 aliphatic heterocycles. The number of hydrogen-bond acceptors (Lipinski definition) is 9. The van der Waals surface area contributed by atoms with Crippen LogP contribution in [-0.4, -0.2) is 33.3 Å². The molecule has 2 aromatic carbocycles. The van der Waals surface area contributed by atoms with Crippen LogP contribution in [0.25, 0.3) is 22.3 Å². The Morgan fingerprint density at radius 2 is 1.42 bits per heavy atom. The Morgan fingerprint density at radius 3 is 1.94 bits per heavy atom. The number of fused-ring (bicyclic) bond motifs is 1. The van der Waals surface area contributed by atoms with Crippen LogP contribution in [0.1, 0.15) is 13.8 Å². The molecule has 1 heterocycles. The third-order valence-electron chi connectivity index (χ3n) is 4.28. The van der Waals surface area contributed by atoms with E-state index in [0.29, 0.717) is 11.3 Å². The zero-order chi connectivity index (χ0) is 22.7. The summed E-state index contributed by atoms with van der Waals surface area (Å²) in [5.41, 5.74) is -0.0565. The van der Waals surface area contributed by atoms with E-state index in [9.17, 15) is 14.4 Å². The number of benzene rings is 2. The lowest BCUT2D eigenvalue weighted by Crippen LogP contribution is -2.13. The summed E-state index contributed by atoms with van der Waals surface area (Å²) in [7, 11) is 4.14. The minimum Gasteiger partial charge on any atom is -0.497 e. The highest BCUT2D eigenvalue weighted by atomic mass is 16.6. The van der Waals surface area contributed by atoms with Crippen LogP contribution in [0.4, 0.5) is 0 Å². The zero-order valence-electron chi connectivity index (χ0n) is 17.6. The van der Waals surface area contributed by atoms with Crippen LogP contribution in [0.5, 0.6) is 28.7 Å². The lowest BCUT2D eigenvalue weighted by molar-refractivity contribution is -0.132. The van der Waals surface area contributed by atoms with E-state index in [1.807, 2.05) is 0 Å². The molecule has 31 heavy (non-hydrogen) atoms. The van der Waals surface area contributed by atoms with Crippen LogP contribution < -0.4 is 29.1 Å². The second-order valence-electron chi connectivity index (χ2n) is 6.32. The summed E-state index contributed by atoms with van der Waals surface area (Å²) in [4.78, 5) is 36.6. The highest BCUT2D eigenvalue weighted by Gasteiger charge is 2.27. The Balaban J connectivity index is 2.41. The van der Waals surface area contributed by atoms with E-state index < -0.39 is 17.4 Å². The lowest BCUT2D eigenvalue weighted by atomic mass is 10.1. The molecule has 162 valence electrons. The zero-order valence-corrected chi connectivity index (χ0v) is 17.6. The van der Waals surface area contributed by atoms with Crippen LogP contribution in [0, 0.1) is 0 Å². The van der Waals surface area contributed by atoms with E-state index in [0.717, 1.165) is 6.92 Å². The number of methoxy groups -OCH3 is 3. The van der Waals surface area contributed by atoms with E-state index in [-0.39, 0.29) is 39.7 Å². The standard InChI is InChI=1S/C22H20O9/c1-11(23)29-16-10-15-17(21(20(16)27-4)30-12(2)24)18(25)22(28-5)19(31-15)13-6-8-14(26-3)9-7-13/h6-10H,1-5H3. The van der Waals surface area contributed by atoms with Crippen molar-refractivity contribution < 1.29 is 37.7 Å². The van der Waals surface area contributed by atoms with Crippen LogP contribution in [0.15, 0.2) is 39.5 Å². The summed E-state index contributed by atoms with van der Waals surface area (Å²) < 4.78 is 32.1. The second-order valence-corrected chi connectivity index (χ2v) is 6.32. The third kappa shape index (κ3) is 4.16. The molecule has 0 amide bonds. The molecular formula is C22H20O9. The monoisotopic (exact) mass is 428 g/mol. The van der Waals surface area contributed by atoms with Crippen molar-refractivity contribution in [2.45, 2.75) is 13.8 Å². The van der Waals surface area contributed by atoms with E-state index in [1.165, 1.54) is 34.3 Å². The van der Waals surface area contributed by atoms with Crippen LogP contribution in [0.3, 0.4) is 0 Å². The van der Waals surface area contributed by atoms with Gasteiger partial charge in [-0.25, -0.2) is 0 Å². The maximum Gasteiger partial charge on any atom is 0.308 e. The van der Waals surface area contributed by atoms with Crippen molar-refractivity contribution in [2.24, 2.45) is 0 Å². The summed E-state index contributed by atoms with van der Waals surface area (Å²) >= 11 is 0. The van der Waals surface area contributed by atoms with Crippen molar-refractivity contribution in [3.8, 4) is 40.1 Å². The molecule has 9 heteroatoms. The van der Waals surface area contributed by atoms with E-state index >= 15 is 0 Å². The molecule has 3 rings (SSSR count). The van der Waals surface area contributed by atoms with Crippen molar-refractivity contribution in [1.82, 2.24) is 0 Å². The van der Waals surface area contributed by atoms with Crippen molar-refractivity contribution in [3.63, 3.8) is 0 Å². The van der Waals surface area contributed by atoms with Crippen LogP contribution in [-0.2, 0) is 9.59 Å². The molecule has 0 atom stereocenters. The van der Waals surface area contributed by atoms with Crippen molar-refractivity contribution in [2.75, 3.05) is 21.3 Å². The van der Waals surface area contributed by atoms with Gasteiger partial charge in [0.1, 0.15) is 16.7 Å². The predicted octanol–water partition coefficient (Wildman–Crippen LogP) is 3.34. The fourth-order valence-corrected chi connectivity index (χ4v) is 3.05. The predicted molar refractivity (Wildman–Crippen MR) is 110 cm³/mol. The molecule has 9 nitrogen and oxygen atoms in total. The molecule has 0 saturated carbocycles. The molecular weight excluding hydrogens is 408 g/mol. The average molecular weight is 428 g/mol. The second kappa shape index (κ2) is 8.78. The summed E-state index contributed by atoms with van der Waals surface area (Å²) in [6, 6.07) is 8.09. The highest BCUT2D eigenvalue weighted by Crippen LogP contribution is 2.45. The Kier molecular flexibility index (Phi) is 6.15. The van der Waals surface area contributed by atoms with Gasteiger partial charge in [-0.2, -0.15) is 0 Å². The number of rotatable bonds is 6. The van der Waals surface area contributed by atoms with Crippen molar-refractivity contribution >= 4 is 22.9 Å². The van der Waals surface area contributed by atoms with Crippen molar-refractivity contribution in [3.05, 3.63) is 40.6 Å². The van der Waals surface area contributed by atoms with E-state index in [4.69, 9.17) is 28.1 Å². The maximum absolute atomic E-state index is 13.3. The lowest BCUT2D eigenvalue weighted by Gasteiger charge is -2.16. The SMILES string of the molecule is COc1ccc(-c2oc3cc(OC(C)=O)c(OC)c(OC(C)=O)c3c(=O)c2OC)cc1. The first kappa shape index (κ1) is 21.7. The maximum atomic E-state index is 13.3. The minimum absolute atomic E-state index is 0.00455. The summed E-state index contributed by atoms with van der Waals surface area (Å²) in [5.74, 6) is -1.13. The van der Waals surface area contributed by atoms with Gasteiger partial charge in [-0.1, -0.05) is 0 Å². The van der Waals surface area contributed by atoms with Gasteiger partial charge < -0.3 is 28.1 Å². The highest BCUT2D eigenvalue weighted by molar-refractivity contribution is 5.94. The van der Waals surface area contributed by atoms with Crippen LogP contribution >= 0.6 is 0 Å². The van der Waals surface area contributed by atoms with Gasteiger partial charge in [0.25, 0.3) is 0 Å². The van der Waals surface area contributed by atoms with E-state index in [2.05, 4.69) is 0 Å². The molecule has 3 aromatic rings. The molecule has 0 bridgehead atoms. The Hall–Kier alpha value is -4.01. The largest absolute Gasteiger partial charge is 0.497 e. The average Bonchev–Trinajstić information content (AvgIpc) is 2.72. The number of hydrogen-bond donors (Lipinski definition) is 0. The Bertz CT molecular complexity index is 1210. The Morgan fingerprint density at radius 1 is 0.806 bits per heavy atom. The van der Waals surface area contributed by atoms with Gasteiger partial charge in [0.2, 0.25) is 16.9 Å². The number of carbonyl (C=O) groups excluding carboxylic acids is 2. The normalized spacial score (nSPS) is 10.5. The van der Waals surface area contributed by atoms with Gasteiger partial charge in [0.15, 0.2) is 17.3 Å². The van der Waals surface area contributed by atoms with E-state index in [1.54, 1.807) is 24.3 Å². The smallest absolute Gasteiger partial charge is 0.308 e. The molecule has 0 N–H and O–H groups in total. The molecule has 0 spiro atoms. The summed E-state index contributed by atoms with van der Waals surface area (Å²) in [6.07, 6.45) is 0. The summed E-state index contributed by atoms with van der Waals surface area (Å²) in [6.45, 7) is 2.36. The Labute approximate surface area is 177 Å². The molecule has 0 aliphatic rings. The first-order valence-electron chi connectivity index (χ1n) is 9.07. The topological polar surface area (TPSA) is 111 Å². The quantitative estimate of drug-likeness (QED) is 0.431. The molecule has 1 aromatic heterocycles. The first-order valence-corrected chi connectivity index (χ1v) is 9.07. The minimum atomic E-state index is -0.711. The van der Waals surface area contributed by atoms with Gasteiger partial charge in [0.05, 0.1) is 21.3 Å². The fraction of sp³-hybridized carbons (Fsp3) is 0.227. The van der Waals surface area contributed by atoms with Gasteiger partial charge in [0, 0.05) is 25.5 Å². The van der Waals surface area contributed by atoms with Crippen molar-refractivity contribution in [1.29, 1.82) is 0 Å². The molecule has 0 aliphatic carbocycles. The van der Waals surface area contributed by atoms with Gasteiger partial charge in [-0.3, -0.25) is 14.4 Å². The first-order chi connectivity index (χ1) is 14.8. The third-order valence-corrected chi connectivity index (χ3v) is 4.28. The number of esters is 2. The van der Waals surface area contributed by atoms with Crippen LogP contribution in [0.2, 0.25) is 0 Å². The molecule has 0 fully saturated rings.